The van der Waals surface area contributed by atoms with E-state index < -0.39 is 46.8 Å². The molecule has 6 rings (SSSR count). The zero-order valence-corrected chi connectivity index (χ0v) is 26.5. The van der Waals surface area contributed by atoms with Crippen LogP contribution in [-0.4, -0.2) is 48.2 Å². The second kappa shape index (κ2) is 15.1. The maximum atomic E-state index is 14.2. The van der Waals surface area contributed by atoms with Crippen molar-refractivity contribution in [3.8, 4) is 0 Å². The largest absolute Gasteiger partial charge is 0.438 e. The summed E-state index contributed by atoms with van der Waals surface area (Å²) in [5.41, 5.74) is 4.95. The van der Waals surface area contributed by atoms with Gasteiger partial charge in [0.2, 0.25) is 0 Å². The Balaban J connectivity index is 1.08. The van der Waals surface area contributed by atoms with Crippen LogP contribution in [0.4, 0.5) is 26.3 Å². The molecule has 50 heavy (non-hydrogen) atoms. The lowest BCUT2D eigenvalue weighted by atomic mass is 9.88. The summed E-state index contributed by atoms with van der Waals surface area (Å²) < 4.78 is 83.0. The Hall–Kier alpha value is -5.20. The first-order valence-electron chi connectivity index (χ1n) is 15.9. The molecule has 0 aliphatic carbocycles. The Morgan fingerprint density at radius 1 is 0.440 bits per heavy atom. The fraction of sp³-hybridized carbons (Fsp3) is 0.211. The van der Waals surface area contributed by atoms with Crippen molar-refractivity contribution in [3.05, 3.63) is 153 Å². The van der Waals surface area contributed by atoms with Crippen molar-refractivity contribution in [2.75, 3.05) is 26.2 Å². The number of piperidine rings is 2. The van der Waals surface area contributed by atoms with Crippen LogP contribution in [0, 0.1) is 34.9 Å². The van der Waals surface area contributed by atoms with Crippen LogP contribution >= 0.6 is 0 Å². The average Bonchev–Trinajstić information content (AvgIpc) is 3.11. The molecule has 2 aliphatic heterocycles. The van der Waals surface area contributed by atoms with Gasteiger partial charge in [-0.05, 0) is 108 Å². The number of hydrogen-bond acceptors (Lipinski definition) is 6. The molecule has 4 aromatic rings. The highest BCUT2D eigenvalue weighted by molar-refractivity contribution is 6.29. The van der Waals surface area contributed by atoms with Gasteiger partial charge in [-0.25, -0.2) is 35.9 Å². The van der Waals surface area contributed by atoms with E-state index in [1.807, 2.05) is 0 Å². The molecule has 12 heteroatoms. The summed E-state index contributed by atoms with van der Waals surface area (Å²) in [4.78, 5) is 35.9. The molecule has 0 N–H and O–H groups in total. The Labute approximate surface area is 283 Å². The molecule has 0 aromatic heterocycles. The predicted octanol–water partition coefficient (Wildman–Crippen LogP) is 7.93. The fourth-order valence-electron chi connectivity index (χ4n) is 6.19. The van der Waals surface area contributed by atoms with E-state index in [0.717, 1.165) is 35.4 Å². The van der Waals surface area contributed by atoms with Crippen molar-refractivity contribution in [2.45, 2.75) is 25.7 Å². The quantitative estimate of drug-likeness (QED) is 0.151. The smallest absolute Gasteiger partial charge is 0.359 e. The molecule has 2 fully saturated rings. The summed E-state index contributed by atoms with van der Waals surface area (Å²) in [5.74, 6) is -7.40. The lowest BCUT2D eigenvalue weighted by Crippen LogP contribution is -2.40. The number of benzene rings is 4. The molecule has 2 aliphatic rings. The van der Waals surface area contributed by atoms with Crippen LogP contribution in [0.3, 0.4) is 0 Å². The van der Waals surface area contributed by atoms with E-state index in [4.69, 9.17) is 9.68 Å². The highest BCUT2D eigenvalue weighted by Crippen LogP contribution is 2.35. The normalized spacial score (nSPS) is 15.5. The zero-order chi connectivity index (χ0) is 35.4. The molecule has 0 radical (unpaired) electrons. The third-order valence-electron chi connectivity index (χ3n) is 8.63. The van der Waals surface area contributed by atoms with E-state index in [9.17, 15) is 35.9 Å². The fourth-order valence-corrected chi connectivity index (χ4v) is 6.19. The highest BCUT2D eigenvalue weighted by Gasteiger charge is 2.29. The molecule has 4 aromatic carbocycles. The van der Waals surface area contributed by atoms with Crippen LogP contribution < -0.4 is 0 Å². The number of carbonyl (C=O) groups excluding carboxylic acids is 2. The summed E-state index contributed by atoms with van der Waals surface area (Å²) in [6.07, 6.45) is 1.40. The molecule has 0 amide bonds. The standard InChI is InChI=1S/C38H30F6N2O4/c39-29-7-1-23(2-8-29)35(27-5-11-31(41)33(43)21-27)25-13-17-45(18-14-25)49-37(47)38(48)50-46-19-15-26(16-20-46)36(24-3-9-30(40)10-4-24)28-6-12-32(42)34(44)22-28/h1-12,21-22H,13-20H2. The minimum atomic E-state index is -1.23. The van der Waals surface area contributed by atoms with Crippen LogP contribution in [-0.2, 0) is 19.3 Å². The van der Waals surface area contributed by atoms with Crippen LogP contribution in [0.1, 0.15) is 47.9 Å². The predicted molar refractivity (Wildman–Crippen MR) is 171 cm³/mol. The van der Waals surface area contributed by atoms with Gasteiger partial charge in [-0.15, -0.1) is 10.1 Å². The van der Waals surface area contributed by atoms with Crippen molar-refractivity contribution >= 4 is 23.1 Å². The summed E-state index contributed by atoms with van der Waals surface area (Å²) in [6.45, 7) is 0.765. The number of hydrogen-bond donors (Lipinski definition) is 0. The number of hydroxylamine groups is 4. The molecule has 6 nitrogen and oxygen atoms in total. The molecule has 0 atom stereocenters. The first-order chi connectivity index (χ1) is 24.0. The first kappa shape index (κ1) is 34.7. The van der Waals surface area contributed by atoms with Gasteiger partial charge < -0.3 is 9.68 Å². The van der Waals surface area contributed by atoms with Gasteiger partial charge in [0.05, 0.1) is 0 Å². The van der Waals surface area contributed by atoms with E-state index in [1.165, 1.54) is 46.5 Å². The van der Waals surface area contributed by atoms with Crippen LogP contribution in [0.2, 0.25) is 0 Å². The molecule has 0 saturated carbocycles. The average molecular weight is 693 g/mol. The number of carbonyl (C=O) groups is 2. The van der Waals surface area contributed by atoms with Gasteiger partial charge in [0.1, 0.15) is 11.6 Å². The number of halogens is 6. The van der Waals surface area contributed by atoms with Gasteiger partial charge in [-0.3, -0.25) is 0 Å². The monoisotopic (exact) mass is 692 g/mol. The lowest BCUT2D eigenvalue weighted by Gasteiger charge is -2.30. The first-order valence-corrected chi connectivity index (χ1v) is 15.9. The molecule has 2 saturated heterocycles. The second-order valence-corrected chi connectivity index (χ2v) is 11.8. The van der Waals surface area contributed by atoms with Crippen LogP contribution in [0.5, 0.6) is 0 Å². The van der Waals surface area contributed by atoms with Crippen molar-refractivity contribution in [1.29, 1.82) is 0 Å². The summed E-state index contributed by atoms with van der Waals surface area (Å²) in [7, 11) is 0. The van der Waals surface area contributed by atoms with Gasteiger partial charge in [-0.2, -0.15) is 0 Å². The summed E-state index contributed by atoms with van der Waals surface area (Å²) in [6, 6.07) is 18.4. The van der Waals surface area contributed by atoms with Crippen molar-refractivity contribution in [2.24, 2.45) is 0 Å². The minimum absolute atomic E-state index is 0.191. The minimum Gasteiger partial charge on any atom is -0.359 e. The van der Waals surface area contributed by atoms with Crippen LogP contribution in [0.15, 0.2) is 96.1 Å². The molecule has 0 spiro atoms. The maximum absolute atomic E-state index is 14.2. The number of nitrogens with zero attached hydrogens (tertiary/aromatic N) is 2. The van der Waals surface area contributed by atoms with Crippen molar-refractivity contribution in [1.82, 2.24) is 10.1 Å². The Morgan fingerprint density at radius 3 is 1.08 bits per heavy atom. The lowest BCUT2D eigenvalue weighted by molar-refractivity contribution is -0.220. The number of rotatable bonds is 6. The summed E-state index contributed by atoms with van der Waals surface area (Å²) in [5, 5.41) is 2.63. The van der Waals surface area contributed by atoms with E-state index >= 15 is 0 Å². The van der Waals surface area contributed by atoms with Crippen LogP contribution in [0.25, 0.3) is 11.1 Å². The van der Waals surface area contributed by atoms with Gasteiger partial charge >= 0.3 is 11.9 Å². The van der Waals surface area contributed by atoms with Gasteiger partial charge in [0.25, 0.3) is 0 Å². The Morgan fingerprint density at radius 2 is 0.760 bits per heavy atom. The third-order valence-corrected chi connectivity index (χ3v) is 8.63. The van der Waals surface area contributed by atoms with E-state index in [1.54, 1.807) is 24.3 Å². The molecular formula is C38H30F6N2O4. The Bertz CT molecular complexity index is 1820. The maximum Gasteiger partial charge on any atom is 0.438 e. The van der Waals surface area contributed by atoms with Gasteiger partial charge in [-0.1, -0.05) is 47.5 Å². The second-order valence-electron chi connectivity index (χ2n) is 11.8. The highest BCUT2D eigenvalue weighted by atomic mass is 19.2. The van der Waals surface area contributed by atoms with Crippen molar-refractivity contribution in [3.63, 3.8) is 0 Å². The van der Waals surface area contributed by atoms with E-state index in [2.05, 4.69) is 0 Å². The molecule has 0 bridgehead atoms. The third kappa shape index (κ3) is 7.98. The summed E-state index contributed by atoms with van der Waals surface area (Å²) >= 11 is 0. The SMILES string of the molecule is O=C(ON1CCC(=C(c2ccc(F)cc2)c2ccc(F)c(F)c2)CC1)C(=O)ON1CCC(=C(c2ccc(F)cc2)c2ccc(F)c(F)c2)CC1. The van der Waals surface area contributed by atoms with Crippen molar-refractivity contribution < 1.29 is 45.6 Å². The molecule has 0 unspecified atom stereocenters. The van der Waals surface area contributed by atoms with E-state index in [0.29, 0.717) is 59.1 Å². The van der Waals surface area contributed by atoms with E-state index in [-0.39, 0.29) is 26.2 Å². The Kier molecular flexibility index (Phi) is 10.5. The zero-order valence-electron chi connectivity index (χ0n) is 26.5. The van der Waals surface area contributed by atoms with Gasteiger partial charge in [0.15, 0.2) is 23.3 Å². The topological polar surface area (TPSA) is 59.1 Å². The molecule has 2 heterocycles. The molecular weight excluding hydrogens is 662 g/mol. The van der Waals surface area contributed by atoms with Gasteiger partial charge in [0, 0.05) is 26.2 Å². The molecule has 258 valence electrons.